The molecule has 0 unspecified atom stereocenters. The molecule has 0 fully saturated rings. The molecule has 1 atom stereocenters. The third-order valence-corrected chi connectivity index (χ3v) is 6.52. The van der Waals surface area contributed by atoms with Crippen LogP contribution in [0.4, 0.5) is 17.6 Å². The summed E-state index contributed by atoms with van der Waals surface area (Å²) in [6.45, 7) is 1.50. The van der Waals surface area contributed by atoms with Crippen LogP contribution in [0, 0.1) is 12.7 Å². The topological polar surface area (TPSA) is 86.2 Å². The fraction of sp³-hybridized carbons (Fsp3) is 0.273. The lowest BCUT2D eigenvalue weighted by Crippen LogP contribution is -2.41. The van der Waals surface area contributed by atoms with E-state index in [1.165, 1.54) is 30.7 Å². The molecule has 176 valence electrons. The molecule has 0 bridgehead atoms. The van der Waals surface area contributed by atoms with E-state index in [-0.39, 0.29) is 12.2 Å². The summed E-state index contributed by atoms with van der Waals surface area (Å²) in [4.78, 5) is 24.6. The second-order valence-electron chi connectivity index (χ2n) is 7.78. The lowest BCUT2D eigenvalue weighted by molar-refractivity contribution is -0.173. The molecule has 3 heterocycles. The SMILES string of the molecule is COc1cnc2c(-c3nc4cc(F)c5c(c4s3)C[C@H](CNC(=O)C(F)(F)F)O5)cc(C)cc2n1. The summed E-state index contributed by atoms with van der Waals surface area (Å²) in [5, 5.41) is 2.37. The van der Waals surface area contributed by atoms with Crippen LogP contribution in [0.25, 0.3) is 31.8 Å². The standard InChI is InChI=1S/C22H16F4N4O3S/c1-9-3-11(17-14(4-9)29-16(32-2)8-27-17)20-30-15-6-13(23)18-12(19(15)34-20)5-10(33-18)7-28-21(31)22(24,25)26/h3-4,6,8,10H,5,7H2,1-2H3,(H,28,31)/t10-/m1/s1. The zero-order valence-electron chi connectivity index (χ0n) is 17.8. The van der Waals surface area contributed by atoms with E-state index in [1.807, 2.05) is 19.1 Å². The quantitative estimate of drug-likeness (QED) is 0.427. The van der Waals surface area contributed by atoms with Crippen LogP contribution in [0.1, 0.15) is 11.1 Å². The lowest BCUT2D eigenvalue weighted by atomic mass is 10.1. The van der Waals surface area contributed by atoms with Gasteiger partial charge in [0.2, 0.25) is 5.88 Å². The second kappa shape index (κ2) is 8.05. The van der Waals surface area contributed by atoms with Gasteiger partial charge in [-0.1, -0.05) is 0 Å². The van der Waals surface area contributed by atoms with E-state index in [1.54, 1.807) is 5.32 Å². The first-order valence-corrected chi connectivity index (χ1v) is 10.9. The number of hydrogen-bond acceptors (Lipinski definition) is 7. The molecule has 12 heteroatoms. The minimum Gasteiger partial charge on any atom is -0.485 e. The number of nitrogens with zero attached hydrogens (tertiary/aromatic N) is 3. The van der Waals surface area contributed by atoms with Crippen molar-refractivity contribution in [2.24, 2.45) is 0 Å². The molecule has 1 aliphatic heterocycles. The van der Waals surface area contributed by atoms with Gasteiger partial charge in [-0.3, -0.25) is 4.79 Å². The number of ether oxygens (including phenoxy) is 2. The van der Waals surface area contributed by atoms with Crippen LogP contribution in [0.2, 0.25) is 0 Å². The first kappa shape index (κ1) is 22.3. The van der Waals surface area contributed by atoms with Crippen LogP contribution < -0.4 is 14.8 Å². The van der Waals surface area contributed by atoms with Gasteiger partial charge in [-0.15, -0.1) is 11.3 Å². The third-order valence-electron chi connectivity index (χ3n) is 5.35. The molecule has 4 aromatic rings. The number of amides is 1. The highest BCUT2D eigenvalue weighted by Gasteiger charge is 2.39. The van der Waals surface area contributed by atoms with Crippen molar-refractivity contribution in [2.75, 3.05) is 13.7 Å². The lowest BCUT2D eigenvalue weighted by Gasteiger charge is -2.13. The predicted molar refractivity (Wildman–Crippen MR) is 117 cm³/mol. The first-order chi connectivity index (χ1) is 16.1. The van der Waals surface area contributed by atoms with Crippen LogP contribution >= 0.6 is 11.3 Å². The maximum atomic E-state index is 14.7. The Morgan fingerprint density at radius 2 is 2.06 bits per heavy atom. The molecule has 0 spiro atoms. The number of aromatic nitrogens is 3. The van der Waals surface area contributed by atoms with Gasteiger partial charge in [0, 0.05) is 23.6 Å². The number of benzene rings is 2. The van der Waals surface area contributed by atoms with Crippen molar-refractivity contribution in [3.8, 4) is 22.2 Å². The van der Waals surface area contributed by atoms with Crippen molar-refractivity contribution < 1.29 is 31.8 Å². The van der Waals surface area contributed by atoms with Crippen molar-refractivity contribution in [1.29, 1.82) is 0 Å². The molecule has 0 saturated carbocycles. The highest BCUT2D eigenvalue weighted by Crippen LogP contribution is 2.43. The Kier molecular flexibility index (Phi) is 5.27. The second-order valence-corrected chi connectivity index (χ2v) is 8.78. The number of alkyl halides is 3. The van der Waals surface area contributed by atoms with Gasteiger partial charge in [0.05, 0.1) is 41.1 Å². The predicted octanol–water partition coefficient (Wildman–Crippen LogP) is 4.34. The largest absolute Gasteiger partial charge is 0.485 e. The van der Waals surface area contributed by atoms with Gasteiger partial charge in [-0.25, -0.2) is 19.3 Å². The van der Waals surface area contributed by atoms with Gasteiger partial charge in [0.15, 0.2) is 11.6 Å². The van der Waals surface area contributed by atoms with Gasteiger partial charge >= 0.3 is 12.1 Å². The molecular formula is C22H16F4N4O3S. The summed E-state index contributed by atoms with van der Waals surface area (Å²) in [5.74, 6) is -2.40. The minimum atomic E-state index is -5.00. The van der Waals surface area contributed by atoms with Crippen molar-refractivity contribution >= 4 is 38.5 Å². The van der Waals surface area contributed by atoms with E-state index in [4.69, 9.17) is 9.47 Å². The van der Waals surface area contributed by atoms with Crippen molar-refractivity contribution in [3.05, 3.63) is 41.3 Å². The summed E-state index contributed by atoms with van der Waals surface area (Å²) in [7, 11) is 1.50. The van der Waals surface area contributed by atoms with Gasteiger partial charge in [0.1, 0.15) is 11.1 Å². The van der Waals surface area contributed by atoms with Gasteiger partial charge < -0.3 is 14.8 Å². The van der Waals surface area contributed by atoms with Crippen LogP contribution in [-0.2, 0) is 11.2 Å². The molecule has 0 radical (unpaired) electrons. The Morgan fingerprint density at radius 3 is 2.79 bits per heavy atom. The van der Waals surface area contributed by atoms with Crippen LogP contribution in [0.3, 0.4) is 0 Å². The maximum absolute atomic E-state index is 14.7. The normalized spacial score (nSPS) is 15.4. The van der Waals surface area contributed by atoms with Crippen LogP contribution in [-0.4, -0.2) is 46.8 Å². The number of hydrogen-bond donors (Lipinski definition) is 1. The molecule has 5 rings (SSSR count). The van der Waals surface area contributed by atoms with Gasteiger partial charge in [-0.2, -0.15) is 13.2 Å². The fourth-order valence-electron chi connectivity index (χ4n) is 3.87. The third kappa shape index (κ3) is 3.87. The Bertz CT molecular complexity index is 1450. The number of fused-ring (bicyclic) bond motifs is 4. The first-order valence-electron chi connectivity index (χ1n) is 10.1. The van der Waals surface area contributed by atoms with Crippen molar-refractivity contribution in [3.63, 3.8) is 0 Å². The fourth-order valence-corrected chi connectivity index (χ4v) is 4.98. The van der Waals surface area contributed by atoms with Crippen LogP contribution in [0.5, 0.6) is 11.6 Å². The van der Waals surface area contributed by atoms with E-state index in [9.17, 15) is 22.4 Å². The smallest absolute Gasteiger partial charge is 0.471 e. The Hall–Kier alpha value is -3.54. The van der Waals surface area contributed by atoms with Crippen LogP contribution in [0.15, 0.2) is 24.4 Å². The van der Waals surface area contributed by atoms with E-state index in [0.717, 1.165) is 5.56 Å². The Balaban J connectivity index is 1.52. The number of carbonyl (C=O) groups excluding carboxylic acids is 1. The van der Waals surface area contributed by atoms with E-state index in [2.05, 4.69) is 15.0 Å². The van der Waals surface area contributed by atoms with Crippen molar-refractivity contribution in [1.82, 2.24) is 20.3 Å². The minimum absolute atomic E-state index is 0.0346. The zero-order chi connectivity index (χ0) is 24.2. The molecule has 0 aliphatic carbocycles. The summed E-state index contributed by atoms with van der Waals surface area (Å²) in [6.07, 6.45) is -4.20. The molecule has 2 aromatic heterocycles. The molecular weight excluding hydrogens is 476 g/mol. The highest BCUT2D eigenvalue weighted by atomic mass is 32.1. The molecule has 34 heavy (non-hydrogen) atoms. The molecule has 2 aromatic carbocycles. The molecule has 1 N–H and O–H groups in total. The highest BCUT2D eigenvalue weighted by molar-refractivity contribution is 7.22. The number of nitrogens with one attached hydrogen (secondary N) is 1. The summed E-state index contributed by atoms with van der Waals surface area (Å²) in [5.41, 5.74) is 3.77. The van der Waals surface area contributed by atoms with Gasteiger partial charge in [0.25, 0.3) is 0 Å². The molecule has 1 amide bonds. The Labute approximate surface area is 193 Å². The number of methoxy groups -OCH3 is 1. The maximum Gasteiger partial charge on any atom is 0.471 e. The van der Waals surface area contributed by atoms with Gasteiger partial charge in [-0.05, 0) is 24.6 Å². The summed E-state index contributed by atoms with van der Waals surface area (Å²) in [6, 6.07) is 5.01. The Morgan fingerprint density at radius 1 is 1.26 bits per heavy atom. The van der Waals surface area contributed by atoms with Crippen molar-refractivity contribution in [2.45, 2.75) is 25.6 Å². The average Bonchev–Trinajstić information content (AvgIpc) is 3.40. The van der Waals surface area contributed by atoms with E-state index in [0.29, 0.717) is 43.3 Å². The summed E-state index contributed by atoms with van der Waals surface area (Å²) < 4.78 is 63.5. The average molecular weight is 492 g/mol. The monoisotopic (exact) mass is 492 g/mol. The molecule has 7 nitrogen and oxygen atoms in total. The number of carbonyl (C=O) groups is 1. The molecule has 0 saturated heterocycles. The number of aryl methyl sites for hydroxylation is 1. The number of rotatable bonds is 4. The zero-order valence-corrected chi connectivity index (χ0v) is 18.6. The van der Waals surface area contributed by atoms with E-state index < -0.39 is 30.5 Å². The molecule has 1 aliphatic rings. The van der Waals surface area contributed by atoms with E-state index >= 15 is 0 Å². The number of halogens is 4. The number of thiazole rings is 1. The summed E-state index contributed by atoms with van der Waals surface area (Å²) >= 11 is 1.30.